The van der Waals surface area contributed by atoms with Gasteiger partial charge in [-0.1, -0.05) is 0 Å². The van der Waals surface area contributed by atoms with E-state index >= 15 is 0 Å². The summed E-state index contributed by atoms with van der Waals surface area (Å²) in [5.41, 5.74) is 0. The molecule has 0 aromatic rings. The molecule has 13 heavy (non-hydrogen) atoms. The molecule has 1 saturated heterocycles. The molecule has 2 unspecified atom stereocenters. The molecule has 2 aliphatic heterocycles. The fourth-order valence-corrected chi connectivity index (χ4v) is 1.67. The Bertz CT molecular complexity index is 278. The third-order valence-electron chi connectivity index (χ3n) is 2.27. The van der Waals surface area contributed by atoms with E-state index in [2.05, 4.69) is 0 Å². The minimum atomic E-state index is -0.396. The summed E-state index contributed by atoms with van der Waals surface area (Å²) >= 11 is 0. The molecule has 2 aliphatic rings. The van der Waals surface area contributed by atoms with E-state index in [0.29, 0.717) is 6.54 Å². The minimum absolute atomic E-state index is 0.0944. The molecule has 72 valence electrons. The molecular weight excluding hydrogens is 174 g/mol. The molecule has 0 saturated carbocycles. The van der Waals surface area contributed by atoms with Crippen molar-refractivity contribution in [2.45, 2.75) is 19.4 Å². The van der Waals surface area contributed by atoms with Crippen LogP contribution in [-0.4, -0.2) is 40.8 Å². The number of nitrogens with zero attached hydrogens (tertiary/aromatic N) is 3. The van der Waals surface area contributed by atoms with Crippen LogP contribution in [0.1, 0.15) is 6.92 Å². The SMILES string of the molecule is CC1CN2C=C([N+](=O)[O-])N(C)C2O1. The smallest absolute Gasteiger partial charge is 0.337 e. The highest BCUT2D eigenvalue weighted by molar-refractivity contribution is 5.02. The summed E-state index contributed by atoms with van der Waals surface area (Å²) in [5, 5.41) is 10.5. The van der Waals surface area contributed by atoms with Gasteiger partial charge in [0, 0.05) is 0 Å². The van der Waals surface area contributed by atoms with Crippen LogP contribution in [0.5, 0.6) is 0 Å². The van der Waals surface area contributed by atoms with Gasteiger partial charge in [-0.3, -0.25) is 0 Å². The highest BCUT2D eigenvalue weighted by atomic mass is 16.6. The van der Waals surface area contributed by atoms with Crippen LogP contribution >= 0.6 is 0 Å². The molecule has 2 atom stereocenters. The van der Waals surface area contributed by atoms with E-state index in [1.165, 1.54) is 11.1 Å². The molecule has 0 amide bonds. The van der Waals surface area contributed by atoms with Crippen LogP contribution in [-0.2, 0) is 4.74 Å². The van der Waals surface area contributed by atoms with Gasteiger partial charge in [0.15, 0.2) is 0 Å². The van der Waals surface area contributed by atoms with Crippen molar-refractivity contribution in [2.24, 2.45) is 0 Å². The number of rotatable bonds is 1. The first kappa shape index (κ1) is 8.31. The van der Waals surface area contributed by atoms with E-state index in [-0.39, 0.29) is 18.3 Å². The molecule has 0 aromatic carbocycles. The standard InChI is InChI=1S/C7H11N3O3/c1-5-3-9-4-6(10(11)12)8(2)7(9)13-5/h4-5,7H,3H2,1-2H3. The Morgan fingerprint density at radius 3 is 3.00 bits per heavy atom. The van der Waals surface area contributed by atoms with Crippen LogP contribution < -0.4 is 0 Å². The van der Waals surface area contributed by atoms with Gasteiger partial charge in [-0.25, -0.2) is 4.90 Å². The van der Waals surface area contributed by atoms with Gasteiger partial charge in [0.05, 0.1) is 25.9 Å². The largest absolute Gasteiger partial charge is 0.358 e. The predicted octanol–water partition coefficient (Wildman–Crippen LogP) is 0.0117. The number of ether oxygens (including phenoxy) is 1. The Labute approximate surface area is 75.5 Å². The molecule has 0 spiro atoms. The van der Waals surface area contributed by atoms with Gasteiger partial charge in [0.2, 0.25) is 0 Å². The van der Waals surface area contributed by atoms with Crippen LogP contribution in [0.15, 0.2) is 12.0 Å². The Kier molecular flexibility index (Phi) is 1.66. The summed E-state index contributed by atoms with van der Waals surface area (Å²) in [6.07, 6.45) is 1.39. The first-order valence-corrected chi connectivity index (χ1v) is 4.10. The molecule has 0 radical (unpaired) electrons. The van der Waals surface area contributed by atoms with E-state index in [1.807, 2.05) is 11.8 Å². The van der Waals surface area contributed by atoms with Crippen molar-refractivity contribution < 1.29 is 9.66 Å². The summed E-state index contributed by atoms with van der Waals surface area (Å²) in [6, 6.07) is 0. The van der Waals surface area contributed by atoms with Crippen molar-refractivity contribution >= 4 is 0 Å². The van der Waals surface area contributed by atoms with Crippen molar-refractivity contribution in [1.29, 1.82) is 0 Å². The lowest BCUT2D eigenvalue weighted by atomic mass is 10.4. The Morgan fingerprint density at radius 2 is 2.46 bits per heavy atom. The van der Waals surface area contributed by atoms with Crippen molar-refractivity contribution in [2.75, 3.05) is 13.6 Å². The molecular formula is C7H11N3O3. The Morgan fingerprint density at radius 1 is 1.77 bits per heavy atom. The van der Waals surface area contributed by atoms with Crippen molar-refractivity contribution in [3.05, 3.63) is 22.1 Å². The maximum Gasteiger partial charge on any atom is 0.337 e. The third kappa shape index (κ3) is 1.14. The van der Waals surface area contributed by atoms with Crippen molar-refractivity contribution in [1.82, 2.24) is 9.80 Å². The van der Waals surface area contributed by atoms with Crippen LogP contribution in [0.4, 0.5) is 0 Å². The second-order valence-corrected chi connectivity index (χ2v) is 3.33. The van der Waals surface area contributed by atoms with Gasteiger partial charge in [-0.2, -0.15) is 0 Å². The molecule has 0 bridgehead atoms. The maximum absolute atomic E-state index is 10.5. The first-order valence-electron chi connectivity index (χ1n) is 4.10. The normalized spacial score (nSPS) is 32.0. The van der Waals surface area contributed by atoms with Gasteiger partial charge in [-0.15, -0.1) is 0 Å². The molecule has 6 heteroatoms. The summed E-state index contributed by atoms with van der Waals surface area (Å²) in [4.78, 5) is 13.5. The summed E-state index contributed by atoms with van der Waals surface area (Å²) < 4.78 is 5.47. The zero-order valence-corrected chi connectivity index (χ0v) is 7.51. The van der Waals surface area contributed by atoms with E-state index in [1.54, 1.807) is 7.05 Å². The lowest BCUT2D eigenvalue weighted by Gasteiger charge is -2.16. The maximum atomic E-state index is 10.5. The van der Waals surface area contributed by atoms with E-state index in [4.69, 9.17) is 4.74 Å². The fraction of sp³-hybridized carbons (Fsp3) is 0.714. The Balaban J connectivity index is 2.20. The second kappa shape index (κ2) is 2.59. The molecule has 2 rings (SSSR count). The van der Waals surface area contributed by atoms with Crippen molar-refractivity contribution in [3.63, 3.8) is 0 Å². The zero-order valence-electron chi connectivity index (χ0n) is 7.51. The van der Waals surface area contributed by atoms with Crippen molar-refractivity contribution in [3.8, 4) is 0 Å². The molecule has 0 N–H and O–H groups in total. The highest BCUT2D eigenvalue weighted by Crippen LogP contribution is 2.28. The van der Waals surface area contributed by atoms with E-state index in [9.17, 15) is 10.1 Å². The third-order valence-corrected chi connectivity index (χ3v) is 2.27. The molecule has 0 aliphatic carbocycles. The molecule has 6 nitrogen and oxygen atoms in total. The molecule has 0 aromatic heterocycles. The lowest BCUT2D eigenvalue weighted by Crippen LogP contribution is -2.34. The van der Waals surface area contributed by atoms with E-state index in [0.717, 1.165) is 0 Å². The summed E-state index contributed by atoms with van der Waals surface area (Å²) in [6.45, 7) is 2.66. The van der Waals surface area contributed by atoms with Gasteiger partial charge in [-0.05, 0) is 11.8 Å². The van der Waals surface area contributed by atoms with Crippen LogP contribution in [0.3, 0.4) is 0 Å². The predicted molar refractivity (Wildman–Crippen MR) is 43.9 cm³/mol. The van der Waals surface area contributed by atoms with Gasteiger partial charge in [0.25, 0.3) is 6.35 Å². The van der Waals surface area contributed by atoms with Crippen LogP contribution in [0, 0.1) is 10.1 Å². The topological polar surface area (TPSA) is 58.8 Å². The summed E-state index contributed by atoms with van der Waals surface area (Å²) in [7, 11) is 1.66. The quantitative estimate of drug-likeness (QED) is 0.425. The second-order valence-electron chi connectivity index (χ2n) is 3.33. The number of hydrogen-bond donors (Lipinski definition) is 0. The number of hydrogen-bond acceptors (Lipinski definition) is 5. The minimum Gasteiger partial charge on any atom is -0.358 e. The van der Waals surface area contributed by atoms with Gasteiger partial charge < -0.3 is 19.8 Å². The highest BCUT2D eigenvalue weighted by Gasteiger charge is 2.44. The average molecular weight is 185 g/mol. The van der Waals surface area contributed by atoms with Gasteiger partial charge in [0.1, 0.15) is 0 Å². The Hall–Kier alpha value is -1.30. The fourth-order valence-electron chi connectivity index (χ4n) is 1.67. The van der Waals surface area contributed by atoms with Crippen LogP contribution in [0.25, 0.3) is 0 Å². The lowest BCUT2D eigenvalue weighted by molar-refractivity contribution is -0.447. The average Bonchev–Trinajstić information content (AvgIpc) is 2.51. The zero-order chi connectivity index (χ0) is 9.59. The summed E-state index contributed by atoms with van der Waals surface area (Å²) in [5.74, 6) is 0.0944. The van der Waals surface area contributed by atoms with Crippen LogP contribution in [0.2, 0.25) is 0 Å². The first-order chi connectivity index (χ1) is 6.09. The monoisotopic (exact) mass is 185 g/mol. The van der Waals surface area contributed by atoms with E-state index < -0.39 is 4.92 Å². The molecule has 2 heterocycles. The van der Waals surface area contributed by atoms with Gasteiger partial charge >= 0.3 is 5.82 Å². The number of fused-ring (bicyclic) bond motifs is 1. The number of nitro groups is 1. The molecule has 1 fully saturated rings.